The first-order chi connectivity index (χ1) is 12.6. The van der Waals surface area contributed by atoms with E-state index in [0.29, 0.717) is 6.54 Å². The van der Waals surface area contributed by atoms with Crippen molar-refractivity contribution in [2.75, 3.05) is 6.61 Å². The number of carbonyl (C=O) groups is 2. The Hall–Kier alpha value is -2.04. The van der Waals surface area contributed by atoms with Gasteiger partial charge < -0.3 is 14.1 Å². The van der Waals surface area contributed by atoms with Gasteiger partial charge in [-0.3, -0.25) is 4.79 Å². The predicted molar refractivity (Wildman–Crippen MR) is 95.9 cm³/mol. The van der Waals surface area contributed by atoms with Gasteiger partial charge in [-0.05, 0) is 75.3 Å². The summed E-state index contributed by atoms with van der Waals surface area (Å²) < 4.78 is 10.7. The zero-order valence-corrected chi connectivity index (χ0v) is 15.4. The van der Waals surface area contributed by atoms with Crippen molar-refractivity contribution >= 4 is 11.9 Å². The number of rotatable bonds is 6. The van der Waals surface area contributed by atoms with Crippen LogP contribution in [0.4, 0.5) is 0 Å². The van der Waals surface area contributed by atoms with Crippen LogP contribution in [0, 0.1) is 17.8 Å². The van der Waals surface area contributed by atoms with Gasteiger partial charge in [-0.1, -0.05) is 6.08 Å². The minimum Gasteiger partial charge on any atom is -0.467 e. The molecule has 0 aliphatic heterocycles. The molecule has 0 unspecified atom stereocenters. The van der Waals surface area contributed by atoms with Gasteiger partial charge in [0.25, 0.3) is 5.91 Å². The van der Waals surface area contributed by atoms with Gasteiger partial charge in [0.15, 0.2) is 6.61 Å². The number of ether oxygens (including phenoxy) is 1. The number of nitrogens with zero attached hydrogens (tertiary/aromatic N) is 1. The molecule has 1 aromatic rings. The Morgan fingerprint density at radius 2 is 1.88 bits per heavy atom. The molecule has 1 heterocycles. The Balaban J connectivity index is 1.55. The van der Waals surface area contributed by atoms with E-state index in [2.05, 4.69) is 0 Å². The standard InChI is InChI=1S/C21H27NO4/c1-2-4-20(24)26-14-19(23)22(13-18-5-3-6-25-18)21-10-15-7-16(11-21)9-17(8-15)12-21/h2-6,15-17H,7-14H2,1H3/b4-2+. The first-order valence-corrected chi connectivity index (χ1v) is 9.70. The van der Waals surface area contributed by atoms with Gasteiger partial charge in [0.1, 0.15) is 5.76 Å². The van der Waals surface area contributed by atoms with E-state index >= 15 is 0 Å². The van der Waals surface area contributed by atoms with Crippen molar-refractivity contribution in [2.45, 2.75) is 57.5 Å². The monoisotopic (exact) mass is 357 g/mol. The smallest absolute Gasteiger partial charge is 0.330 e. The molecule has 4 fully saturated rings. The summed E-state index contributed by atoms with van der Waals surface area (Å²) in [5.74, 6) is 2.41. The van der Waals surface area contributed by atoms with Crippen molar-refractivity contribution in [2.24, 2.45) is 17.8 Å². The molecule has 1 aromatic heterocycles. The molecule has 4 saturated carbocycles. The maximum Gasteiger partial charge on any atom is 0.330 e. The molecule has 4 bridgehead atoms. The van der Waals surface area contributed by atoms with Gasteiger partial charge in [0, 0.05) is 11.6 Å². The zero-order chi connectivity index (χ0) is 18.1. The molecule has 26 heavy (non-hydrogen) atoms. The molecule has 0 radical (unpaired) electrons. The van der Waals surface area contributed by atoms with Gasteiger partial charge in [-0.2, -0.15) is 0 Å². The second kappa shape index (κ2) is 6.93. The zero-order valence-electron chi connectivity index (χ0n) is 15.4. The molecule has 5 rings (SSSR count). The summed E-state index contributed by atoms with van der Waals surface area (Å²) in [5, 5.41) is 0. The third kappa shape index (κ3) is 3.31. The van der Waals surface area contributed by atoms with Crippen LogP contribution in [0.15, 0.2) is 35.0 Å². The lowest BCUT2D eigenvalue weighted by molar-refractivity contribution is -0.162. The fourth-order valence-electron chi connectivity index (χ4n) is 5.87. The number of furan rings is 1. The van der Waals surface area contributed by atoms with Gasteiger partial charge in [-0.25, -0.2) is 4.79 Å². The third-order valence-corrected chi connectivity index (χ3v) is 6.41. The summed E-state index contributed by atoms with van der Waals surface area (Å²) in [4.78, 5) is 26.7. The van der Waals surface area contributed by atoms with Crippen molar-refractivity contribution < 1.29 is 18.7 Å². The Bertz CT molecular complexity index is 656. The molecule has 0 atom stereocenters. The molecule has 0 aromatic carbocycles. The molecular formula is C21H27NO4. The minimum absolute atomic E-state index is 0.0916. The van der Waals surface area contributed by atoms with Gasteiger partial charge in [0.05, 0.1) is 12.8 Å². The first-order valence-electron chi connectivity index (χ1n) is 9.70. The van der Waals surface area contributed by atoms with Crippen molar-refractivity contribution in [3.63, 3.8) is 0 Å². The molecule has 5 heteroatoms. The molecule has 4 aliphatic carbocycles. The second-order valence-electron chi connectivity index (χ2n) is 8.31. The number of amides is 1. The lowest BCUT2D eigenvalue weighted by Crippen LogP contribution is -2.61. The number of hydrogen-bond donors (Lipinski definition) is 0. The average Bonchev–Trinajstić information content (AvgIpc) is 3.10. The summed E-state index contributed by atoms with van der Waals surface area (Å²) in [6, 6.07) is 3.76. The van der Waals surface area contributed by atoms with E-state index in [1.165, 1.54) is 25.3 Å². The summed E-state index contributed by atoms with van der Waals surface area (Å²) in [6.45, 7) is 2.01. The predicted octanol–water partition coefficient (Wildman–Crippen LogP) is 3.70. The lowest BCUT2D eigenvalue weighted by atomic mass is 9.52. The molecular weight excluding hydrogens is 330 g/mol. The molecule has 0 saturated heterocycles. The quantitative estimate of drug-likeness (QED) is 0.575. The number of allylic oxidation sites excluding steroid dienone is 1. The summed E-state index contributed by atoms with van der Waals surface area (Å²) >= 11 is 0. The van der Waals surface area contributed by atoms with Crippen LogP contribution >= 0.6 is 0 Å². The molecule has 5 nitrogen and oxygen atoms in total. The summed E-state index contributed by atoms with van der Waals surface area (Å²) in [6.07, 6.45) is 11.8. The van der Waals surface area contributed by atoms with Crippen LogP contribution in [-0.4, -0.2) is 28.9 Å². The van der Waals surface area contributed by atoms with Crippen LogP contribution < -0.4 is 0 Å². The molecule has 4 aliphatic rings. The van der Waals surface area contributed by atoms with Crippen molar-refractivity contribution in [3.8, 4) is 0 Å². The first kappa shape index (κ1) is 17.4. The number of hydrogen-bond acceptors (Lipinski definition) is 4. The van der Waals surface area contributed by atoms with Crippen LogP contribution in [0.3, 0.4) is 0 Å². The largest absolute Gasteiger partial charge is 0.467 e. The summed E-state index contributed by atoms with van der Waals surface area (Å²) in [5.41, 5.74) is -0.0916. The molecule has 0 spiro atoms. The maximum atomic E-state index is 13.1. The SMILES string of the molecule is C/C=C/C(=O)OCC(=O)N(Cc1ccco1)C12CC3CC(CC(C3)C1)C2. The highest BCUT2D eigenvalue weighted by Crippen LogP contribution is 2.58. The van der Waals surface area contributed by atoms with Gasteiger partial charge in [-0.15, -0.1) is 0 Å². The Labute approximate surface area is 154 Å². The topological polar surface area (TPSA) is 59.8 Å². The Morgan fingerprint density at radius 1 is 1.23 bits per heavy atom. The van der Waals surface area contributed by atoms with Crippen LogP contribution in [0.2, 0.25) is 0 Å². The fraction of sp³-hybridized carbons (Fsp3) is 0.619. The van der Waals surface area contributed by atoms with Crippen molar-refractivity contribution in [1.29, 1.82) is 0 Å². The van der Waals surface area contributed by atoms with Crippen LogP contribution in [0.1, 0.15) is 51.2 Å². The van der Waals surface area contributed by atoms with E-state index in [1.807, 2.05) is 17.0 Å². The highest BCUT2D eigenvalue weighted by atomic mass is 16.5. The van der Waals surface area contributed by atoms with E-state index in [9.17, 15) is 9.59 Å². The van der Waals surface area contributed by atoms with Gasteiger partial charge >= 0.3 is 5.97 Å². The van der Waals surface area contributed by atoms with Crippen LogP contribution in [0.5, 0.6) is 0 Å². The molecule has 1 amide bonds. The van der Waals surface area contributed by atoms with Crippen molar-refractivity contribution in [3.05, 3.63) is 36.3 Å². The lowest BCUT2D eigenvalue weighted by Gasteiger charge is -2.60. The van der Waals surface area contributed by atoms with Gasteiger partial charge in [0.2, 0.25) is 0 Å². The van der Waals surface area contributed by atoms with E-state index < -0.39 is 5.97 Å². The maximum absolute atomic E-state index is 13.1. The van der Waals surface area contributed by atoms with E-state index in [0.717, 1.165) is 42.8 Å². The third-order valence-electron chi connectivity index (χ3n) is 6.41. The van der Waals surface area contributed by atoms with E-state index in [1.54, 1.807) is 19.3 Å². The Kier molecular flexibility index (Phi) is 4.63. The minimum atomic E-state index is -0.468. The molecule has 0 N–H and O–H groups in total. The highest BCUT2D eigenvalue weighted by Gasteiger charge is 2.54. The van der Waals surface area contributed by atoms with Crippen molar-refractivity contribution in [1.82, 2.24) is 4.90 Å². The average molecular weight is 357 g/mol. The fourth-order valence-corrected chi connectivity index (χ4v) is 5.87. The van der Waals surface area contributed by atoms with E-state index in [4.69, 9.17) is 9.15 Å². The molecule has 140 valence electrons. The highest BCUT2D eigenvalue weighted by molar-refractivity contribution is 5.86. The number of esters is 1. The van der Waals surface area contributed by atoms with Crippen LogP contribution in [-0.2, 0) is 20.9 Å². The number of carbonyl (C=O) groups excluding carboxylic acids is 2. The summed E-state index contributed by atoms with van der Waals surface area (Å²) in [7, 11) is 0. The normalized spacial score (nSPS) is 32.1. The van der Waals surface area contributed by atoms with Crippen LogP contribution in [0.25, 0.3) is 0 Å². The van der Waals surface area contributed by atoms with E-state index in [-0.39, 0.29) is 18.1 Å². The second-order valence-corrected chi connectivity index (χ2v) is 8.31. The Morgan fingerprint density at radius 3 is 2.42 bits per heavy atom.